The van der Waals surface area contributed by atoms with Crippen LogP contribution in [-0.4, -0.2) is 61.9 Å². The Morgan fingerprint density at radius 3 is 2.55 bits per heavy atom. The van der Waals surface area contributed by atoms with E-state index in [0.29, 0.717) is 36.5 Å². The van der Waals surface area contributed by atoms with Gasteiger partial charge in [0.1, 0.15) is 17.9 Å². The molecule has 0 aromatic carbocycles. The molecule has 4 heterocycles. The van der Waals surface area contributed by atoms with Crippen LogP contribution in [0.5, 0.6) is 0 Å². The monoisotopic (exact) mass is 424 g/mol. The summed E-state index contributed by atoms with van der Waals surface area (Å²) in [5, 5.41) is 3.74. The highest BCUT2D eigenvalue weighted by Gasteiger charge is 2.24. The van der Waals surface area contributed by atoms with E-state index < -0.39 is 18.5 Å². The molecule has 0 aliphatic carbocycles. The second kappa shape index (κ2) is 7.90. The Bertz CT molecular complexity index is 1080. The molecule has 3 aromatic heterocycles. The van der Waals surface area contributed by atoms with Gasteiger partial charge in [0.15, 0.2) is 17.0 Å². The van der Waals surface area contributed by atoms with Crippen LogP contribution in [0.1, 0.15) is 6.92 Å². The van der Waals surface area contributed by atoms with Gasteiger partial charge in [0, 0.05) is 32.7 Å². The number of rotatable bonds is 5. The lowest BCUT2D eigenvalue weighted by Crippen LogP contribution is -2.47. The minimum absolute atomic E-state index is 0.0970. The maximum atomic E-state index is 12.6. The second-order valence-electron chi connectivity index (χ2n) is 6.60. The predicted octanol–water partition coefficient (Wildman–Crippen LogP) is 1.65. The smallest absolute Gasteiger partial charge is 0.287 e. The van der Waals surface area contributed by atoms with Crippen molar-refractivity contribution < 1.29 is 8.78 Å². The maximum Gasteiger partial charge on any atom is 0.287 e. The zero-order chi connectivity index (χ0) is 20.5. The molecule has 0 N–H and O–H groups in total. The molecule has 1 aliphatic rings. The highest BCUT2D eigenvalue weighted by Crippen LogP contribution is 2.26. The standard InChI is InChI=1S/C17H19ClF2N8O/c1-2-25-10-23-14-15(25)21-9-22-16(14)27-5-3-26(4-6-27)11-7-24-28(8-12(19)20)17(29)13(11)18/h7,9-10,12H,2-6,8H2,1H3. The van der Waals surface area contributed by atoms with E-state index in [4.69, 9.17) is 11.6 Å². The Balaban J connectivity index is 1.53. The molecule has 0 atom stereocenters. The van der Waals surface area contributed by atoms with Crippen LogP contribution in [0.25, 0.3) is 11.2 Å². The van der Waals surface area contributed by atoms with Crippen molar-refractivity contribution in [2.75, 3.05) is 36.0 Å². The number of hydrogen-bond acceptors (Lipinski definition) is 7. The lowest BCUT2D eigenvalue weighted by molar-refractivity contribution is 0.119. The normalized spacial score (nSPS) is 14.9. The minimum Gasteiger partial charge on any atom is -0.365 e. The first-order valence-electron chi connectivity index (χ1n) is 9.19. The van der Waals surface area contributed by atoms with Gasteiger partial charge in [-0.05, 0) is 6.92 Å². The molecule has 9 nitrogen and oxygen atoms in total. The van der Waals surface area contributed by atoms with Crippen molar-refractivity contribution in [3.8, 4) is 0 Å². The Morgan fingerprint density at radius 1 is 1.14 bits per heavy atom. The van der Waals surface area contributed by atoms with Crippen LogP contribution in [0, 0.1) is 0 Å². The van der Waals surface area contributed by atoms with E-state index in [9.17, 15) is 13.6 Å². The number of hydrogen-bond donors (Lipinski definition) is 0. The van der Waals surface area contributed by atoms with E-state index in [2.05, 4.69) is 25.0 Å². The number of nitrogens with zero attached hydrogens (tertiary/aromatic N) is 8. The van der Waals surface area contributed by atoms with Crippen molar-refractivity contribution in [1.29, 1.82) is 0 Å². The van der Waals surface area contributed by atoms with Gasteiger partial charge in [0.2, 0.25) is 0 Å². The average molecular weight is 425 g/mol. The Morgan fingerprint density at radius 2 is 1.86 bits per heavy atom. The molecular weight excluding hydrogens is 406 g/mol. The van der Waals surface area contributed by atoms with Crippen LogP contribution in [0.2, 0.25) is 5.02 Å². The van der Waals surface area contributed by atoms with Crippen LogP contribution >= 0.6 is 11.6 Å². The topological polar surface area (TPSA) is 85.0 Å². The van der Waals surface area contributed by atoms with E-state index in [0.717, 1.165) is 23.5 Å². The number of aromatic nitrogens is 6. The highest BCUT2D eigenvalue weighted by molar-refractivity contribution is 6.33. The molecule has 1 fully saturated rings. The van der Waals surface area contributed by atoms with Crippen molar-refractivity contribution in [3.63, 3.8) is 0 Å². The molecule has 29 heavy (non-hydrogen) atoms. The number of aryl methyl sites for hydroxylation is 1. The summed E-state index contributed by atoms with van der Waals surface area (Å²) in [6, 6.07) is 0. The fourth-order valence-corrected chi connectivity index (χ4v) is 3.69. The molecule has 0 spiro atoms. The fourth-order valence-electron chi connectivity index (χ4n) is 3.43. The Kier molecular flexibility index (Phi) is 5.31. The van der Waals surface area contributed by atoms with E-state index in [-0.39, 0.29) is 5.02 Å². The molecule has 0 bridgehead atoms. The number of anilines is 2. The Hall–Kier alpha value is -2.82. The zero-order valence-corrected chi connectivity index (χ0v) is 16.4. The van der Waals surface area contributed by atoms with Crippen LogP contribution in [0.4, 0.5) is 20.3 Å². The largest absolute Gasteiger partial charge is 0.365 e. The van der Waals surface area contributed by atoms with Crippen LogP contribution in [0.15, 0.2) is 23.6 Å². The van der Waals surface area contributed by atoms with E-state index >= 15 is 0 Å². The van der Waals surface area contributed by atoms with E-state index in [1.165, 1.54) is 12.5 Å². The van der Waals surface area contributed by atoms with Crippen molar-refractivity contribution >= 4 is 34.3 Å². The van der Waals surface area contributed by atoms with Gasteiger partial charge >= 0.3 is 0 Å². The summed E-state index contributed by atoms with van der Waals surface area (Å²) in [5.41, 5.74) is 1.27. The number of imidazole rings is 1. The van der Waals surface area contributed by atoms with Gasteiger partial charge in [-0.15, -0.1) is 0 Å². The summed E-state index contributed by atoms with van der Waals surface area (Å²) < 4.78 is 27.7. The molecule has 12 heteroatoms. The molecule has 0 saturated carbocycles. The van der Waals surface area contributed by atoms with Crippen LogP contribution in [0.3, 0.4) is 0 Å². The van der Waals surface area contributed by atoms with Gasteiger partial charge in [0.05, 0.1) is 18.2 Å². The average Bonchev–Trinajstić information content (AvgIpc) is 3.15. The second-order valence-corrected chi connectivity index (χ2v) is 6.97. The summed E-state index contributed by atoms with van der Waals surface area (Å²) in [4.78, 5) is 29.4. The van der Waals surface area contributed by atoms with Gasteiger partial charge in [-0.2, -0.15) is 5.10 Å². The molecule has 0 radical (unpaired) electrons. The number of piperazine rings is 1. The van der Waals surface area contributed by atoms with Crippen LogP contribution < -0.4 is 15.4 Å². The third-order valence-corrected chi connectivity index (χ3v) is 5.28. The third kappa shape index (κ3) is 3.61. The highest BCUT2D eigenvalue weighted by atomic mass is 35.5. The first kappa shape index (κ1) is 19.5. The van der Waals surface area contributed by atoms with Crippen molar-refractivity contribution in [1.82, 2.24) is 29.3 Å². The van der Waals surface area contributed by atoms with Gasteiger partial charge in [-0.25, -0.2) is 28.4 Å². The third-order valence-electron chi connectivity index (χ3n) is 4.92. The summed E-state index contributed by atoms with van der Waals surface area (Å²) in [5.74, 6) is 0.762. The number of alkyl halides is 2. The molecule has 0 amide bonds. The SMILES string of the molecule is CCn1cnc2c(N3CCN(c4cnn(CC(F)F)c(=O)c4Cl)CC3)ncnc21. The van der Waals surface area contributed by atoms with Crippen molar-refractivity contribution in [2.45, 2.75) is 26.4 Å². The van der Waals surface area contributed by atoms with Crippen molar-refractivity contribution in [3.05, 3.63) is 34.2 Å². The Labute approximate surface area is 169 Å². The van der Waals surface area contributed by atoms with E-state index in [1.807, 2.05) is 16.4 Å². The van der Waals surface area contributed by atoms with Gasteiger partial charge in [0.25, 0.3) is 12.0 Å². The summed E-state index contributed by atoms with van der Waals surface area (Å²) in [7, 11) is 0. The number of fused-ring (bicyclic) bond motifs is 1. The van der Waals surface area contributed by atoms with Gasteiger partial charge in [-0.1, -0.05) is 11.6 Å². The molecule has 1 saturated heterocycles. The molecule has 4 rings (SSSR count). The lowest BCUT2D eigenvalue weighted by atomic mass is 10.2. The molecule has 0 unspecified atom stereocenters. The first-order valence-corrected chi connectivity index (χ1v) is 9.57. The molecule has 1 aliphatic heterocycles. The summed E-state index contributed by atoms with van der Waals surface area (Å²) in [6.45, 7) is 4.40. The number of halogens is 3. The minimum atomic E-state index is -2.67. The molecular formula is C17H19ClF2N8O. The van der Waals surface area contributed by atoms with Crippen molar-refractivity contribution in [2.24, 2.45) is 0 Å². The fraction of sp³-hybridized carbons (Fsp3) is 0.471. The maximum absolute atomic E-state index is 12.6. The quantitative estimate of drug-likeness (QED) is 0.615. The summed E-state index contributed by atoms with van der Waals surface area (Å²) >= 11 is 6.16. The first-order chi connectivity index (χ1) is 14.0. The molecule has 154 valence electrons. The van der Waals surface area contributed by atoms with E-state index in [1.54, 1.807) is 6.33 Å². The summed E-state index contributed by atoms with van der Waals surface area (Å²) in [6.07, 6.45) is 1.97. The van der Waals surface area contributed by atoms with Gasteiger partial charge in [-0.3, -0.25) is 4.79 Å². The lowest BCUT2D eigenvalue weighted by Gasteiger charge is -2.36. The van der Waals surface area contributed by atoms with Crippen LogP contribution in [-0.2, 0) is 13.1 Å². The molecule has 3 aromatic rings. The van der Waals surface area contributed by atoms with Gasteiger partial charge < -0.3 is 14.4 Å². The predicted molar refractivity (Wildman–Crippen MR) is 105 cm³/mol. The zero-order valence-electron chi connectivity index (χ0n) is 15.7.